The summed E-state index contributed by atoms with van der Waals surface area (Å²) in [7, 11) is 0. The molecule has 3 rings (SSSR count). The van der Waals surface area contributed by atoms with Gasteiger partial charge in [-0.05, 0) is 43.3 Å². The highest BCUT2D eigenvalue weighted by molar-refractivity contribution is 6.07. The Morgan fingerprint density at radius 2 is 1.90 bits per heavy atom. The van der Waals surface area contributed by atoms with Crippen LogP contribution < -0.4 is 4.90 Å². The van der Waals surface area contributed by atoms with E-state index < -0.39 is 0 Å². The van der Waals surface area contributed by atoms with E-state index in [9.17, 15) is 9.18 Å². The van der Waals surface area contributed by atoms with Crippen molar-refractivity contribution in [2.24, 2.45) is 0 Å². The molecule has 2 aromatic carbocycles. The molecule has 0 aliphatic heterocycles. The highest BCUT2D eigenvalue weighted by Crippen LogP contribution is 2.20. The maximum Gasteiger partial charge on any atom is 0.274 e. The van der Waals surface area contributed by atoms with Gasteiger partial charge in [-0.25, -0.2) is 4.39 Å². The van der Waals surface area contributed by atoms with E-state index >= 15 is 0 Å². The van der Waals surface area contributed by atoms with Crippen LogP contribution in [0, 0.1) is 5.82 Å². The van der Waals surface area contributed by atoms with Gasteiger partial charge in [0.2, 0.25) is 0 Å². The van der Waals surface area contributed by atoms with Crippen LogP contribution in [0.15, 0.2) is 54.6 Å². The molecule has 0 radical (unpaired) electrons. The Morgan fingerprint density at radius 1 is 1.14 bits per heavy atom. The van der Waals surface area contributed by atoms with Crippen molar-refractivity contribution < 1.29 is 9.18 Å². The second kappa shape index (κ2) is 5.40. The van der Waals surface area contributed by atoms with Gasteiger partial charge in [0.05, 0.1) is 0 Å². The fourth-order valence-corrected chi connectivity index (χ4v) is 2.41. The highest BCUT2D eigenvalue weighted by atomic mass is 19.1. The molecule has 0 saturated heterocycles. The number of rotatable bonds is 3. The lowest BCUT2D eigenvalue weighted by Gasteiger charge is -2.20. The van der Waals surface area contributed by atoms with Crippen molar-refractivity contribution >= 4 is 22.5 Å². The van der Waals surface area contributed by atoms with Gasteiger partial charge in [0.15, 0.2) is 0 Å². The number of carbonyl (C=O) groups excluding carboxylic acids is 1. The van der Waals surface area contributed by atoms with Crippen LogP contribution in [-0.2, 0) is 0 Å². The number of para-hydroxylation sites is 1. The highest BCUT2D eigenvalue weighted by Gasteiger charge is 2.18. The number of nitrogens with zero attached hydrogens (tertiary/aromatic N) is 1. The lowest BCUT2D eigenvalue weighted by molar-refractivity contribution is 0.0984. The topological polar surface area (TPSA) is 36.1 Å². The normalized spacial score (nSPS) is 10.8. The number of hydrogen-bond acceptors (Lipinski definition) is 1. The molecule has 3 nitrogen and oxygen atoms in total. The van der Waals surface area contributed by atoms with E-state index in [1.807, 2.05) is 37.3 Å². The van der Waals surface area contributed by atoms with Gasteiger partial charge in [-0.1, -0.05) is 18.2 Å². The first-order chi connectivity index (χ1) is 10.2. The molecule has 1 N–H and O–H groups in total. The molecule has 106 valence electrons. The third kappa shape index (κ3) is 2.52. The van der Waals surface area contributed by atoms with Crippen LogP contribution in [-0.4, -0.2) is 17.4 Å². The summed E-state index contributed by atoms with van der Waals surface area (Å²) in [5, 5.41) is 0.823. The van der Waals surface area contributed by atoms with Crippen molar-refractivity contribution in [3.05, 3.63) is 66.1 Å². The Labute approximate surface area is 122 Å². The van der Waals surface area contributed by atoms with Gasteiger partial charge in [0, 0.05) is 23.1 Å². The van der Waals surface area contributed by atoms with Crippen LogP contribution in [0.4, 0.5) is 10.1 Å². The minimum Gasteiger partial charge on any atom is -0.350 e. The average molecular weight is 282 g/mol. The van der Waals surface area contributed by atoms with Gasteiger partial charge in [0.25, 0.3) is 5.91 Å². The Kier molecular flexibility index (Phi) is 3.44. The van der Waals surface area contributed by atoms with Crippen LogP contribution in [0.2, 0.25) is 0 Å². The van der Waals surface area contributed by atoms with E-state index in [2.05, 4.69) is 4.98 Å². The summed E-state index contributed by atoms with van der Waals surface area (Å²) in [4.78, 5) is 17.3. The molecule has 1 amide bonds. The SMILES string of the molecule is CCN(C(=O)c1cc2ccc(F)cc2[nH]1)c1ccccc1. The van der Waals surface area contributed by atoms with Gasteiger partial charge in [-0.15, -0.1) is 0 Å². The number of hydrogen-bond donors (Lipinski definition) is 1. The van der Waals surface area contributed by atoms with Gasteiger partial charge >= 0.3 is 0 Å². The van der Waals surface area contributed by atoms with Crippen molar-refractivity contribution in [3.8, 4) is 0 Å². The zero-order chi connectivity index (χ0) is 14.8. The summed E-state index contributed by atoms with van der Waals surface area (Å²) >= 11 is 0. The average Bonchev–Trinajstić information content (AvgIpc) is 2.92. The number of carbonyl (C=O) groups is 1. The second-order valence-electron chi connectivity index (χ2n) is 4.80. The molecule has 3 aromatic rings. The summed E-state index contributed by atoms with van der Waals surface area (Å²) < 4.78 is 13.2. The molecular weight excluding hydrogens is 267 g/mol. The molecule has 1 aromatic heterocycles. The molecule has 0 bridgehead atoms. The van der Waals surface area contributed by atoms with E-state index in [4.69, 9.17) is 0 Å². The maximum atomic E-state index is 13.2. The van der Waals surface area contributed by atoms with Gasteiger partial charge in [-0.2, -0.15) is 0 Å². The van der Waals surface area contributed by atoms with Gasteiger partial charge in [0.1, 0.15) is 11.5 Å². The van der Waals surface area contributed by atoms with Gasteiger partial charge < -0.3 is 9.88 Å². The number of fused-ring (bicyclic) bond motifs is 1. The number of H-pyrrole nitrogens is 1. The smallest absolute Gasteiger partial charge is 0.274 e. The van der Waals surface area contributed by atoms with E-state index in [-0.39, 0.29) is 11.7 Å². The quantitative estimate of drug-likeness (QED) is 0.775. The predicted molar refractivity (Wildman–Crippen MR) is 82.0 cm³/mol. The molecule has 21 heavy (non-hydrogen) atoms. The summed E-state index contributed by atoms with van der Waals surface area (Å²) in [6.45, 7) is 2.49. The summed E-state index contributed by atoms with van der Waals surface area (Å²) in [6, 6.07) is 15.7. The molecule has 0 atom stereocenters. The molecule has 0 spiro atoms. The zero-order valence-corrected chi connectivity index (χ0v) is 11.6. The summed E-state index contributed by atoms with van der Waals surface area (Å²) in [5.74, 6) is -0.445. The molecule has 0 aliphatic rings. The minimum absolute atomic E-state index is 0.125. The third-order valence-electron chi connectivity index (χ3n) is 3.44. The van der Waals surface area contributed by atoms with Crippen LogP contribution in [0.1, 0.15) is 17.4 Å². The lowest BCUT2D eigenvalue weighted by atomic mass is 10.2. The Balaban J connectivity index is 1.98. The van der Waals surface area contributed by atoms with Gasteiger partial charge in [-0.3, -0.25) is 4.79 Å². The molecule has 1 heterocycles. The first-order valence-electron chi connectivity index (χ1n) is 6.84. The lowest BCUT2D eigenvalue weighted by Crippen LogP contribution is -2.30. The van der Waals surface area contributed by atoms with E-state index in [0.717, 1.165) is 11.1 Å². The van der Waals surface area contributed by atoms with E-state index in [1.165, 1.54) is 12.1 Å². The zero-order valence-electron chi connectivity index (χ0n) is 11.6. The van der Waals surface area contributed by atoms with Crippen LogP contribution in [0.25, 0.3) is 10.9 Å². The number of aromatic nitrogens is 1. The predicted octanol–water partition coefficient (Wildman–Crippen LogP) is 3.97. The Morgan fingerprint density at radius 3 is 2.62 bits per heavy atom. The first kappa shape index (κ1) is 13.4. The van der Waals surface area contributed by atoms with Crippen molar-refractivity contribution in [2.45, 2.75) is 6.92 Å². The molecule has 4 heteroatoms. The third-order valence-corrected chi connectivity index (χ3v) is 3.44. The Bertz CT molecular complexity index is 780. The Hall–Kier alpha value is -2.62. The summed E-state index contributed by atoms with van der Waals surface area (Å²) in [6.07, 6.45) is 0. The second-order valence-corrected chi connectivity index (χ2v) is 4.80. The number of nitrogens with one attached hydrogen (secondary N) is 1. The number of benzene rings is 2. The fraction of sp³-hybridized carbons (Fsp3) is 0.118. The molecule has 0 saturated carbocycles. The first-order valence-corrected chi connectivity index (χ1v) is 6.84. The van der Waals surface area contributed by atoms with E-state index in [1.54, 1.807) is 17.0 Å². The monoisotopic (exact) mass is 282 g/mol. The number of halogens is 1. The number of amides is 1. The van der Waals surface area contributed by atoms with Crippen LogP contribution >= 0.6 is 0 Å². The minimum atomic E-state index is -0.321. The van der Waals surface area contributed by atoms with Crippen molar-refractivity contribution in [3.63, 3.8) is 0 Å². The molecule has 0 fully saturated rings. The largest absolute Gasteiger partial charge is 0.350 e. The molecular formula is C17H15FN2O. The van der Waals surface area contributed by atoms with E-state index in [0.29, 0.717) is 17.8 Å². The standard InChI is InChI=1S/C17H15FN2O/c1-2-20(14-6-4-3-5-7-14)17(21)16-10-12-8-9-13(18)11-15(12)19-16/h3-11,19H,2H2,1H3. The maximum absolute atomic E-state index is 13.2. The molecule has 0 unspecified atom stereocenters. The molecule has 0 aliphatic carbocycles. The summed E-state index contributed by atoms with van der Waals surface area (Å²) in [5.41, 5.74) is 1.93. The fourth-order valence-electron chi connectivity index (χ4n) is 2.41. The van der Waals surface area contributed by atoms with Crippen LogP contribution in [0.5, 0.6) is 0 Å². The van der Waals surface area contributed by atoms with Crippen molar-refractivity contribution in [1.29, 1.82) is 0 Å². The number of aromatic amines is 1. The van der Waals surface area contributed by atoms with Crippen molar-refractivity contribution in [1.82, 2.24) is 4.98 Å². The van der Waals surface area contributed by atoms with Crippen LogP contribution in [0.3, 0.4) is 0 Å². The number of anilines is 1. The van der Waals surface area contributed by atoms with Crippen molar-refractivity contribution in [2.75, 3.05) is 11.4 Å².